The number of carbonyl (C=O) groups is 1. The summed E-state index contributed by atoms with van der Waals surface area (Å²) < 4.78 is 6.11. The highest BCUT2D eigenvalue weighted by atomic mass is 79.9. The lowest BCUT2D eigenvalue weighted by atomic mass is 10.2. The molecule has 0 aromatic heterocycles. The van der Waals surface area contributed by atoms with Crippen LogP contribution < -0.4 is 0 Å². The lowest BCUT2D eigenvalue weighted by Gasteiger charge is -2.04. The smallest absolute Gasteiger partial charge is 0.338 e. The van der Waals surface area contributed by atoms with Crippen LogP contribution in [-0.2, 0) is 4.74 Å². The summed E-state index contributed by atoms with van der Waals surface area (Å²) in [6.45, 7) is 0.483. The first kappa shape index (κ1) is 14.5. The molecular weight excluding hydrogens is 303 g/mol. The fraction of sp³-hybridized carbons (Fsp3) is 0.462. The zero-order valence-electron chi connectivity index (χ0n) is 9.62. The van der Waals surface area contributed by atoms with Crippen LogP contribution in [-0.4, -0.2) is 18.5 Å². The van der Waals surface area contributed by atoms with Gasteiger partial charge in [-0.3, -0.25) is 0 Å². The third kappa shape index (κ3) is 6.08. The predicted molar refractivity (Wildman–Crippen MR) is 73.6 cm³/mol. The SMILES string of the molecule is O=C(OCCCCCCCl)c1ccc(Br)cc1. The highest BCUT2D eigenvalue weighted by Crippen LogP contribution is 2.11. The average molecular weight is 320 g/mol. The molecule has 0 aliphatic rings. The fourth-order valence-electron chi connectivity index (χ4n) is 1.38. The molecule has 4 heteroatoms. The summed E-state index contributed by atoms with van der Waals surface area (Å²) in [6, 6.07) is 7.16. The van der Waals surface area contributed by atoms with Crippen LogP contribution in [0, 0.1) is 0 Å². The number of benzene rings is 1. The number of rotatable bonds is 7. The third-order valence-electron chi connectivity index (χ3n) is 2.34. The minimum absolute atomic E-state index is 0.255. The van der Waals surface area contributed by atoms with E-state index >= 15 is 0 Å². The molecule has 94 valence electrons. The molecule has 1 rings (SSSR count). The number of hydrogen-bond donors (Lipinski definition) is 0. The Hall–Kier alpha value is -0.540. The summed E-state index contributed by atoms with van der Waals surface area (Å²) in [4.78, 5) is 11.6. The van der Waals surface area contributed by atoms with Gasteiger partial charge in [0.15, 0.2) is 0 Å². The van der Waals surface area contributed by atoms with Crippen LogP contribution >= 0.6 is 27.5 Å². The van der Waals surface area contributed by atoms with Gasteiger partial charge in [-0.05, 0) is 37.1 Å². The zero-order valence-corrected chi connectivity index (χ0v) is 12.0. The van der Waals surface area contributed by atoms with Crippen molar-refractivity contribution in [3.8, 4) is 0 Å². The van der Waals surface area contributed by atoms with Crippen molar-refractivity contribution < 1.29 is 9.53 Å². The van der Waals surface area contributed by atoms with Crippen LogP contribution in [0.1, 0.15) is 36.0 Å². The van der Waals surface area contributed by atoms with Crippen LogP contribution in [0.3, 0.4) is 0 Å². The molecule has 0 spiro atoms. The molecule has 2 nitrogen and oxygen atoms in total. The predicted octanol–water partition coefficient (Wildman–Crippen LogP) is 4.41. The van der Waals surface area contributed by atoms with E-state index in [1.54, 1.807) is 12.1 Å². The third-order valence-corrected chi connectivity index (χ3v) is 3.14. The highest BCUT2D eigenvalue weighted by Gasteiger charge is 2.05. The van der Waals surface area contributed by atoms with Gasteiger partial charge in [-0.1, -0.05) is 28.8 Å². The van der Waals surface area contributed by atoms with Crippen molar-refractivity contribution in [3.63, 3.8) is 0 Å². The van der Waals surface area contributed by atoms with Crippen molar-refractivity contribution >= 4 is 33.5 Å². The second-order valence-corrected chi connectivity index (χ2v) is 5.04. The molecule has 0 bridgehead atoms. The molecule has 0 heterocycles. The van der Waals surface area contributed by atoms with Crippen molar-refractivity contribution in [2.45, 2.75) is 25.7 Å². The van der Waals surface area contributed by atoms with Gasteiger partial charge in [-0.25, -0.2) is 4.79 Å². The zero-order chi connectivity index (χ0) is 12.5. The van der Waals surface area contributed by atoms with Gasteiger partial charge in [0.1, 0.15) is 0 Å². The Morgan fingerprint density at radius 1 is 1.12 bits per heavy atom. The number of unbranched alkanes of at least 4 members (excludes halogenated alkanes) is 3. The molecule has 0 fully saturated rings. The Labute approximate surface area is 115 Å². The summed E-state index contributed by atoms with van der Waals surface area (Å²) in [7, 11) is 0. The molecule has 0 amide bonds. The van der Waals surface area contributed by atoms with Crippen molar-refractivity contribution in [1.82, 2.24) is 0 Å². The van der Waals surface area contributed by atoms with Crippen LogP contribution in [0.4, 0.5) is 0 Å². The van der Waals surface area contributed by atoms with E-state index in [2.05, 4.69) is 15.9 Å². The average Bonchev–Trinajstić information content (AvgIpc) is 2.34. The Balaban J connectivity index is 2.19. The van der Waals surface area contributed by atoms with Crippen molar-refractivity contribution in [2.24, 2.45) is 0 Å². The first-order chi connectivity index (χ1) is 8.24. The number of esters is 1. The van der Waals surface area contributed by atoms with Gasteiger partial charge in [-0.2, -0.15) is 0 Å². The van der Waals surface area contributed by atoms with Gasteiger partial charge < -0.3 is 4.74 Å². The molecule has 0 aliphatic carbocycles. The highest BCUT2D eigenvalue weighted by molar-refractivity contribution is 9.10. The number of carbonyl (C=O) groups excluding carboxylic acids is 1. The maximum Gasteiger partial charge on any atom is 0.338 e. The molecule has 1 aromatic carbocycles. The standard InChI is InChI=1S/C13H16BrClO2/c14-12-7-5-11(6-8-12)13(16)17-10-4-2-1-3-9-15/h5-8H,1-4,9-10H2. The molecular formula is C13H16BrClO2. The van der Waals surface area contributed by atoms with E-state index < -0.39 is 0 Å². The minimum Gasteiger partial charge on any atom is -0.462 e. The topological polar surface area (TPSA) is 26.3 Å². The fourth-order valence-corrected chi connectivity index (χ4v) is 1.84. The second kappa shape index (κ2) is 8.54. The van der Waals surface area contributed by atoms with E-state index in [1.807, 2.05) is 12.1 Å². The van der Waals surface area contributed by atoms with Gasteiger partial charge in [0.05, 0.1) is 12.2 Å². The number of ether oxygens (including phenoxy) is 1. The van der Waals surface area contributed by atoms with Crippen molar-refractivity contribution in [3.05, 3.63) is 34.3 Å². The molecule has 1 aromatic rings. The summed E-state index contributed by atoms with van der Waals surface area (Å²) in [5.41, 5.74) is 0.592. The maximum absolute atomic E-state index is 11.6. The molecule has 0 saturated carbocycles. The molecule has 17 heavy (non-hydrogen) atoms. The Bertz CT molecular complexity index is 338. The molecule has 0 atom stereocenters. The monoisotopic (exact) mass is 318 g/mol. The van der Waals surface area contributed by atoms with Gasteiger partial charge in [0.25, 0.3) is 0 Å². The van der Waals surface area contributed by atoms with E-state index in [0.717, 1.165) is 30.2 Å². The lowest BCUT2D eigenvalue weighted by molar-refractivity contribution is 0.0498. The van der Waals surface area contributed by atoms with Gasteiger partial charge >= 0.3 is 5.97 Å². The van der Waals surface area contributed by atoms with Crippen LogP contribution in [0.25, 0.3) is 0 Å². The molecule has 0 N–H and O–H groups in total. The van der Waals surface area contributed by atoms with E-state index in [-0.39, 0.29) is 5.97 Å². The Kier molecular flexibility index (Phi) is 7.29. The lowest BCUT2D eigenvalue weighted by Crippen LogP contribution is -2.06. The summed E-state index contributed by atoms with van der Waals surface area (Å²) >= 11 is 8.89. The molecule has 0 saturated heterocycles. The Morgan fingerprint density at radius 3 is 2.41 bits per heavy atom. The molecule has 0 radical (unpaired) electrons. The van der Waals surface area contributed by atoms with Crippen molar-refractivity contribution in [2.75, 3.05) is 12.5 Å². The van der Waals surface area contributed by atoms with E-state index in [9.17, 15) is 4.79 Å². The summed E-state index contributed by atoms with van der Waals surface area (Å²) in [5, 5.41) is 0. The van der Waals surface area contributed by atoms with Crippen molar-refractivity contribution in [1.29, 1.82) is 0 Å². The van der Waals surface area contributed by atoms with Crippen LogP contribution in [0.2, 0.25) is 0 Å². The van der Waals surface area contributed by atoms with Gasteiger partial charge in [0.2, 0.25) is 0 Å². The van der Waals surface area contributed by atoms with Crippen LogP contribution in [0.15, 0.2) is 28.7 Å². The number of alkyl halides is 1. The minimum atomic E-state index is -0.255. The summed E-state index contributed by atoms with van der Waals surface area (Å²) in [6.07, 6.45) is 4.08. The Morgan fingerprint density at radius 2 is 1.76 bits per heavy atom. The maximum atomic E-state index is 11.6. The normalized spacial score (nSPS) is 10.2. The van der Waals surface area contributed by atoms with E-state index in [4.69, 9.17) is 16.3 Å². The quantitative estimate of drug-likeness (QED) is 0.423. The summed E-state index contributed by atoms with van der Waals surface area (Å²) in [5.74, 6) is 0.452. The molecule has 0 aliphatic heterocycles. The first-order valence-corrected chi connectivity index (χ1v) is 7.05. The van der Waals surface area contributed by atoms with Crippen LogP contribution in [0.5, 0.6) is 0 Å². The number of hydrogen-bond acceptors (Lipinski definition) is 2. The first-order valence-electron chi connectivity index (χ1n) is 5.72. The van der Waals surface area contributed by atoms with Gasteiger partial charge in [0, 0.05) is 10.4 Å². The van der Waals surface area contributed by atoms with E-state index in [0.29, 0.717) is 18.1 Å². The second-order valence-electron chi connectivity index (χ2n) is 3.75. The van der Waals surface area contributed by atoms with Gasteiger partial charge in [-0.15, -0.1) is 11.6 Å². The largest absolute Gasteiger partial charge is 0.462 e. The number of halogens is 2. The molecule has 0 unspecified atom stereocenters. The van der Waals surface area contributed by atoms with E-state index in [1.165, 1.54) is 0 Å².